The predicted molar refractivity (Wildman–Crippen MR) is 162 cm³/mol. The van der Waals surface area contributed by atoms with Crippen molar-refractivity contribution in [1.82, 2.24) is 0 Å². The molecule has 16 heteroatoms. The summed E-state index contributed by atoms with van der Waals surface area (Å²) in [5.41, 5.74) is 0.212. The van der Waals surface area contributed by atoms with Crippen LogP contribution < -0.4 is 9.47 Å². The van der Waals surface area contributed by atoms with Crippen LogP contribution in [-0.2, 0) is 9.59 Å². The molecular formula is C26H28Cl6O10. The van der Waals surface area contributed by atoms with Gasteiger partial charge in [0.2, 0.25) is 0 Å². The van der Waals surface area contributed by atoms with E-state index in [1.165, 1.54) is 12.1 Å². The van der Waals surface area contributed by atoms with Crippen molar-refractivity contribution in [3.05, 3.63) is 59.7 Å². The van der Waals surface area contributed by atoms with Crippen molar-refractivity contribution in [1.29, 1.82) is 0 Å². The van der Waals surface area contributed by atoms with Gasteiger partial charge in [-0.15, -0.1) is 69.6 Å². The SMILES string of the molecule is O=C(O)C(=O)O.O=C(O)c1ccccc1OCC(Cl)C(CCl)CCl.O=C(O)c1ccccc1OCC(Cl)C(CCl)CCl. The molecule has 2 rings (SSSR count). The summed E-state index contributed by atoms with van der Waals surface area (Å²) < 4.78 is 10.8. The Bertz CT molecular complexity index is 1040. The Kier molecular flexibility index (Phi) is 21.0. The van der Waals surface area contributed by atoms with Crippen molar-refractivity contribution in [2.24, 2.45) is 11.8 Å². The lowest BCUT2D eigenvalue weighted by Gasteiger charge is -2.18. The molecule has 0 amide bonds. The number of carbonyl (C=O) groups is 4. The maximum Gasteiger partial charge on any atom is 0.414 e. The van der Waals surface area contributed by atoms with Crippen LogP contribution in [-0.4, -0.2) is 91.8 Å². The van der Waals surface area contributed by atoms with E-state index in [0.717, 1.165) is 0 Å². The van der Waals surface area contributed by atoms with E-state index in [1.807, 2.05) is 0 Å². The van der Waals surface area contributed by atoms with Gasteiger partial charge < -0.3 is 29.9 Å². The highest BCUT2D eigenvalue weighted by atomic mass is 35.5. The molecular weight excluding hydrogens is 685 g/mol. The number of para-hydroxylation sites is 2. The Hall–Kier alpha value is -2.34. The number of aliphatic carboxylic acids is 2. The van der Waals surface area contributed by atoms with Crippen molar-refractivity contribution in [3.63, 3.8) is 0 Å². The first-order valence-electron chi connectivity index (χ1n) is 11.7. The average Bonchev–Trinajstić information content (AvgIpc) is 2.97. The van der Waals surface area contributed by atoms with Gasteiger partial charge in [0.15, 0.2) is 0 Å². The molecule has 0 saturated carbocycles. The monoisotopic (exact) mass is 710 g/mol. The first-order valence-corrected chi connectivity index (χ1v) is 14.7. The number of hydrogen-bond acceptors (Lipinski definition) is 6. The highest BCUT2D eigenvalue weighted by Gasteiger charge is 2.21. The normalized spacial score (nSPS) is 11.7. The van der Waals surface area contributed by atoms with Gasteiger partial charge in [-0.1, -0.05) is 24.3 Å². The number of rotatable bonds is 14. The molecule has 234 valence electrons. The third kappa shape index (κ3) is 15.2. The summed E-state index contributed by atoms with van der Waals surface area (Å²) in [5, 5.41) is 32.0. The highest BCUT2D eigenvalue weighted by molar-refractivity contribution is 6.27. The average molecular weight is 713 g/mol. The molecule has 2 unspecified atom stereocenters. The number of halogens is 6. The largest absolute Gasteiger partial charge is 0.491 e. The van der Waals surface area contributed by atoms with Crippen LogP contribution in [0, 0.1) is 11.8 Å². The fourth-order valence-electron chi connectivity index (χ4n) is 2.62. The molecule has 4 N–H and O–H groups in total. The minimum atomic E-state index is -1.82. The summed E-state index contributed by atoms with van der Waals surface area (Å²) in [4.78, 5) is 40.1. The summed E-state index contributed by atoms with van der Waals surface area (Å²) in [5.74, 6) is -3.96. The van der Waals surface area contributed by atoms with Gasteiger partial charge in [-0.05, 0) is 24.3 Å². The molecule has 0 bridgehead atoms. The third-order valence-corrected chi connectivity index (χ3v) is 7.58. The summed E-state index contributed by atoms with van der Waals surface area (Å²) in [6.45, 7) is 0.325. The molecule has 0 heterocycles. The Labute approximate surface area is 271 Å². The Morgan fingerprint density at radius 2 is 0.857 bits per heavy atom. The maximum absolute atomic E-state index is 11.0. The molecule has 2 aromatic carbocycles. The van der Waals surface area contributed by atoms with Crippen LogP contribution in [0.4, 0.5) is 0 Å². The van der Waals surface area contributed by atoms with E-state index >= 15 is 0 Å². The van der Waals surface area contributed by atoms with E-state index in [2.05, 4.69) is 0 Å². The fourth-order valence-corrected chi connectivity index (χ4v) is 4.99. The van der Waals surface area contributed by atoms with Gasteiger partial charge in [0.1, 0.15) is 35.8 Å². The quantitative estimate of drug-likeness (QED) is 0.133. The summed E-state index contributed by atoms with van der Waals surface area (Å²) in [6.07, 6.45) is 0. The molecule has 0 spiro atoms. The minimum Gasteiger partial charge on any atom is -0.491 e. The zero-order valence-corrected chi connectivity index (χ0v) is 26.2. The van der Waals surface area contributed by atoms with Crippen LogP contribution >= 0.6 is 69.6 Å². The van der Waals surface area contributed by atoms with E-state index in [9.17, 15) is 9.59 Å². The second-order valence-corrected chi connectivity index (χ2v) is 10.4. The maximum atomic E-state index is 11.0. The van der Waals surface area contributed by atoms with Gasteiger partial charge >= 0.3 is 23.9 Å². The Morgan fingerprint density at radius 3 is 1.10 bits per heavy atom. The lowest BCUT2D eigenvalue weighted by molar-refractivity contribution is -0.159. The lowest BCUT2D eigenvalue weighted by Crippen LogP contribution is -2.25. The van der Waals surface area contributed by atoms with Crippen molar-refractivity contribution in [2.75, 3.05) is 36.7 Å². The molecule has 0 aromatic heterocycles. The van der Waals surface area contributed by atoms with Crippen molar-refractivity contribution >= 4 is 93.5 Å². The van der Waals surface area contributed by atoms with Crippen molar-refractivity contribution < 1.29 is 49.1 Å². The number of hydrogen-bond donors (Lipinski definition) is 4. The standard InChI is InChI=1S/2C12H13Cl3O3.C2H2O4/c2*13-5-8(6-14)10(15)7-18-11-4-2-1-3-9(11)12(16)17;3-1(4)2(5)6/h2*1-4,8,10H,5-7H2,(H,16,17);(H,3,4)(H,5,6). The summed E-state index contributed by atoms with van der Waals surface area (Å²) in [6, 6.07) is 12.8. The topological polar surface area (TPSA) is 168 Å². The third-order valence-electron chi connectivity index (χ3n) is 5.03. The molecule has 0 aliphatic carbocycles. The molecule has 0 aliphatic heterocycles. The highest BCUT2D eigenvalue weighted by Crippen LogP contribution is 2.22. The van der Waals surface area contributed by atoms with Crippen LogP contribution in [0.5, 0.6) is 11.5 Å². The minimum absolute atomic E-state index is 0.0769. The van der Waals surface area contributed by atoms with Gasteiger partial charge in [-0.2, -0.15) is 0 Å². The molecule has 0 aliphatic rings. The summed E-state index contributed by atoms with van der Waals surface area (Å²) >= 11 is 35.0. The van der Waals surface area contributed by atoms with Gasteiger partial charge in [-0.3, -0.25) is 0 Å². The second kappa shape index (κ2) is 22.2. The van der Waals surface area contributed by atoms with E-state index in [-0.39, 0.29) is 46.9 Å². The van der Waals surface area contributed by atoms with Crippen LogP contribution in [0.2, 0.25) is 0 Å². The van der Waals surface area contributed by atoms with E-state index < -0.39 is 23.9 Å². The lowest BCUT2D eigenvalue weighted by atomic mass is 10.1. The van der Waals surface area contributed by atoms with Crippen LogP contribution in [0.15, 0.2) is 48.5 Å². The number of carboxylic acid groups (broad SMARTS) is 4. The molecule has 0 radical (unpaired) electrons. The number of ether oxygens (including phenoxy) is 2. The zero-order chi connectivity index (χ0) is 32.2. The number of alkyl halides is 6. The van der Waals surface area contributed by atoms with E-state index in [0.29, 0.717) is 35.0 Å². The predicted octanol–water partition coefficient (Wildman–Crippen LogP) is 6.09. The zero-order valence-electron chi connectivity index (χ0n) is 21.7. The van der Waals surface area contributed by atoms with Crippen LogP contribution in [0.1, 0.15) is 20.7 Å². The second-order valence-electron chi connectivity index (χ2n) is 8.00. The van der Waals surface area contributed by atoms with Gasteiger partial charge in [0, 0.05) is 35.4 Å². The molecule has 0 fully saturated rings. The summed E-state index contributed by atoms with van der Waals surface area (Å²) in [7, 11) is 0. The molecule has 2 atom stereocenters. The molecule has 42 heavy (non-hydrogen) atoms. The fraction of sp³-hybridized carbons (Fsp3) is 0.385. The van der Waals surface area contributed by atoms with Crippen molar-refractivity contribution in [3.8, 4) is 11.5 Å². The first kappa shape index (κ1) is 39.7. The van der Waals surface area contributed by atoms with Crippen LogP contribution in [0.25, 0.3) is 0 Å². The Morgan fingerprint density at radius 1 is 0.571 bits per heavy atom. The number of carboxylic acids is 4. The number of aromatic carboxylic acids is 2. The Balaban J connectivity index is 0.000000672. The van der Waals surface area contributed by atoms with Gasteiger partial charge in [-0.25, -0.2) is 19.2 Å². The van der Waals surface area contributed by atoms with Crippen LogP contribution in [0.3, 0.4) is 0 Å². The van der Waals surface area contributed by atoms with Gasteiger partial charge in [0.25, 0.3) is 0 Å². The first-order chi connectivity index (χ1) is 19.8. The van der Waals surface area contributed by atoms with Gasteiger partial charge in [0.05, 0.1) is 10.8 Å². The van der Waals surface area contributed by atoms with Crippen molar-refractivity contribution in [2.45, 2.75) is 10.8 Å². The number of benzene rings is 2. The van der Waals surface area contributed by atoms with E-state index in [4.69, 9.17) is 109 Å². The molecule has 0 saturated heterocycles. The smallest absolute Gasteiger partial charge is 0.414 e. The molecule has 10 nitrogen and oxygen atoms in total. The molecule has 2 aromatic rings. The van der Waals surface area contributed by atoms with E-state index in [1.54, 1.807) is 36.4 Å².